The zero-order chi connectivity index (χ0) is 22.5. The maximum absolute atomic E-state index is 13.5. The van der Waals surface area contributed by atoms with Crippen LogP contribution in [0.1, 0.15) is 27.3 Å². The van der Waals surface area contributed by atoms with E-state index in [0.717, 1.165) is 10.0 Å². The number of benzene rings is 3. The number of carbonyl (C=O) groups excluding carboxylic acids is 1. The summed E-state index contributed by atoms with van der Waals surface area (Å²) in [4.78, 5) is 17.0. The first-order valence-corrected chi connectivity index (χ1v) is 10.5. The van der Waals surface area contributed by atoms with Gasteiger partial charge in [0.2, 0.25) is 0 Å². The molecule has 4 rings (SSSR count). The van der Waals surface area contributed by atoms with Crippen LogP contribution in [0.3, 0.4) is 0 Å². The van der Waals surface area contributed by atoms with Gasteiger partial charge in [-0.3, -0.25) is 0 Å². The molecule has 160 valence electrons. The van der Waals surface area contributed by atoms with Crippen molar-refractivity contribution >= 4 is 33.7 Å². The number of halogens is 3. The fraction of sp³-hybridized carbons (Fsp3) is 0.0400. The fourth-order valence-corrected chi connectivity index (χ4v) is 3.46. The Kier molecular flexibility index (Phi) is 6.56. The van der Waals surface area contributed by atoms with Crippen LogP contribution in [0.5, 0.6) is 0 Å². The predicted molar refractivity (Wildman–Crippen MR) is 122 cm³/mol. The largest absolute Gasteiger partial charge is 0.422 e. The molecular formula is C25H17BrF2N2O2. The second kappa shape index (κ2) is 9.70. The van der Waals surface area contributed by atoms with E-state index in [1.165, 1.54) is 48.5 Å². The topological polar surface area (TPSA) is 44.1 Å². The van der Waals surface area contributed by atoms with E-state index >= 15 is 0 Å². The van der Waals surface area contributed by atoms with Gasteiger partial charge in [-0.2, -0.15) is 0 Å². The maximum atomic E-state index is 13.5. The summed E-state index contributed by atoms with van der Waals surface area (Å²) in [6.45, 7) is 0.538. The number of nitrogens with zero attached hydrogens (tertiary/aromatic N) is 2. The lowest BCUT2D eigenvalue weighted by atomic mass is 10.1. The molecule has 1 heterocycles. The van der Waals surface area contributed by atoms with Gasteiger partial charge in [0.25, 0.3) is 0 Å². The van der Waals surface area contributed by atoms with Crippen LogP contribution in [-0.2, 0) is 11.3 Å². The van der Waals surface area contributed by atoms with Gasteiger partial charge < -0.3 is 9.30 Å². The molecule has 0 spiro atoms. The Balaban J connectivity index is 1.68. The Morgan fingerprint density at radius 2 is 1.56 bits per heavy atom. The molecule has 4 nitrogen and oxygen atoms in total. The number of carbonyl (C=O) groups is 1. The van der Waals surface area contributed by atoms with E-state index in [9.17, 15) is 13.6 Å². The number of rotatable bonds is 6. The Labute approximate surface area is 191 Å². The third-order valence-corrected chi connectivity index (χ3v) is 5.49. The fourth-order valence-electron chi connectivity index (χ4n) is 3.05. The van der Waals surface area contributed by atoms with Crippen LogP contribution in [0.2, 0.25) is 0 Å². The summed E-state index contributed by atoms with van der Waals surface area (Å²) in [5, 5.41) is 0. The Morgan fingerprint density at radius 1 is 0.938 bits per heavy atom. The first-order valence-electron chi connectivity index (χ1n) is 9.69. The summed E-state index contributed by atoms with van der Waals surface area (Å²) in [5.41, 5.74) is 1.74. The average Bonchev–Trinajstić information content (AvgIpc) is 3.22. The summed E-state index contributed by atoms with van der Waals surface area (Å²) < 4.78 is 35.1. The number of ether oxygens (including phenoxy) is 1. The first kappa shape index (κ1) is 21.6. The second-order valence-electron chi connectivity index (χ2n) is 6.92. The molecule has 3 aromatic carbocycles. The first-order chi connectivity index (χ1) is 15.5. The van der Waals surface area contributed by atoms with Crippen molar-refractivity contribution in [3.05, 3.63) is 124 Å². The second-order valence-corrected chi connectivity index (χ2v) is 7.77. The number of esters is 1. The molecule has 0 aliphatic heterocycles. The Bertz CT molecular complexity index is 1270. The minimum Gasteiger partial charge on any atom is -0.422 e. The zero-order valence-electron chi connectivity index (χ0n) is 16.7. The third kappa shape index (κ3) is 5.18. The van der Waals surface area contributed by atoms with Crippen LogP contribution in [-0.4, -0.2) is 15.5 Å². The van der Waals surface area contributed by atoms with E-state index < -0.39 is 17.6 Å². The molecule has 0 radical (unpaired) electrons. The lowest BCUT2D eigenvalue weighted by Gasteiger charge is -2.11. The molecule has 1 aromatic heterocycles. The van der Waals surface area contributed by atoms with Crippen LogP contribution in [0, 0.1) is 11.6 Å². The van der Waals surface area contributed by atoms with Gasteiger partial charge in [-0.1, -0.05) is 34.1 Å². The van der Waals surface area contributed by atoms with Crippen molar-refractivity contribution < 1.29 is 18.3 Å². The molecule has 0 atom stereocenters. The van der Waals surface area contributed by atoms with Crippen molar-refractivity contribution in [1.82, 2.24) is 9.55 Å². The summed E-state index contributed by atoms with van der Waals surface area (Å²) in [5.74, 6) is -0.784. The normalized spacial score (nSPS) is 11.4. The molecule has 0 saturated heterocycles. The van der Waals surface area contributed by atoms with Crippen LogP contribution >= 0.6 is 15.9 Å². The molecule has 0 unspecified atom stereocenters. The summed E-state index contributed by atoms with van der Waals surface area (Å²) >= 11 is 3.54. The van der Waals surface area contributed by atoms with Gasteiger partial charge in [-0.15, -0.1) is 0 Å². The van der Waals surface area contributed by atoms with Gasteiger partial charge in [0.05, 0.1) is 12.1 Å². The summed E-state index contributed by atoms with van der Waals surface area (Å²) in [6, 6.07) is 18.5. The summed E-state index contributed by atoms with van der Waals surface area (Å²) in [6.07, 6.45) is 5.08. The molecule has 0 amide bonds. The lowest BCUT2D eigenvalue weighted by Crippen LogP contribution is -2.06. The number of aromatic nitrogens is 2. The van der Waals surface area contributed by atoms with Gasteiger partial charge in [0.15, 0.2) is 0 Å². The smallest absolute Gasteiger partial charge is 0.343 e. The molecule has 0 aliphatic carbocycles. The highest BCUT2D eigenvalue weighted by Crippen LogP contribution is 2.23. The zero-order valence-corrected chi connectivity index (χ0v) is 18.3. The van der Waals surface area contributed by atoms with E-state index in [-0.39, 0.29) is 11.3 Å². The van der Waals surface area contributed by atoms with Crippen molar-refractivity contribution in [3.63, 3.8) is 0 Å². The van der Waals surface area contributed by atoms with Crippen LogP contribution in [0.4, 0.5) is 8.78 Å². The molecule has 0 N–H and O–H groups in total. The highest BCUT2D eigenvalue weighted by molar-refractivity contribution is 9.10. The van der Waals surface area contributed by atoms with Crippen molar-refractivity contribution in [3.8, 4) is 0 Å². The van der Waals surface area contributed by atoms with Gasteiger partial charge in [-0.25, -0.2) is 18.6 Å². The number of hydrogen-bond donors (Lipinski definition) is 0. The van der Waals surface area contributed by atoms with Gasteiger partial charge in [0, 0.05) is 28.5 Å². The minimum absolute atomic E-state index is 0.191. The van der Waals surface area contributed by atoms with E-state index in [2.05, 4.69) is 20.9 Å². The van der Waals surface area contributed by atoms with Gasteiger partial charge in [0.1, 0.15) is 23.2 Å². The number of hydrogen-bond acceptors (Lipinski definition) is 3. The molecule has 0 bridgehead atoms. The van der Waals surface area contributed by atoms with E-state index in [0.29, 0.717) is 17.9 Å². The molecule has 4 aromatic rings. The monoisotopic (exact) mass is 494 g/mol. The molecule has 32 heavy (non-hydrogen) atoms. The van der Waals surface area contributed by atoms with Crippen LogP contribution in [0.15, 0.2) is 89.7 Å². The summed E-state index contributed by atoms with van der Waals surface area (Å²) in [7, 11) is 0. The van der Waals surface area contributed by atoms with Crippen molar-refractivity contribution in [2.24, 2.45) is 0 Å². The van der Waals surface area contributed by atoms with Crippen molar-refractivity contribution in [2.45, 2.75) is 6.54 Å². The molecule has 7 heteroatoms. The van der Waals surface area contributed by atoms with Crippen LogP contribution < -0.4 is 0 Å². The van der Waals surface area contributed by atoms with Crippen molar-refractivity contribution in [1.29, 1.82) is 0 Å². The SMILES string of the molecule is O=C(OC(=Cc1nccn1Cc1ccccc1Br)c1ccc(F)cc1)c1ccc(F)cc1. The lowest BCUT2D eigenvalue weighted by molar-refractivity contribution is 0.0693. The molecule has 0 saturated carbocycles. The molecular weight excluding hydrogens is 478 g/mol. The van der Waals surface area contributed by atoms with Crippen LogP contribution in [0.25, 0.3) is 11.8 Å². The van der Waals surface area contributed by atoms with Crippen molar-refractivity contribution in [2.75, 3.05) is 0 Å². The van der Waals surface area contributed by atoms with E-state index in [4.69, 9.17) is 4.74 Å². The molecule has 0 fully saturated rings. The van der Waals surface area contributed by atoms with E-state index in [1.54, 1.807) is 12.3 Å². The highest BCUT2D eigenvalue weighted by Gasteiger charge is 2.15. The minimum atomic E-state index is -0.663. The quantitative estimate of drug-likeness (QED) is 0.232. The standard InChI is InChI=1S/C25H17BrF2N2O2/c26-22-4-2-1-3-19(22)16-30-14-13-29-24(30)15-23(17-5-9-20(27)10-6-17)32-25(31)18-7-11-21(28)12-8-18/h1-15H,16H2. The number of imidazole rings is 1. The van der Waals surface area contributed by atoms with Gasteiger partial charge in [-0.05, 0) is 60.2 Å². The highest BCUT2D eigenvalue weighted by atomic mass is 79.9. The van der Waals surface area contributed by atoms with Gasteiger partial charge >= 0.3 is 5.97 Å². The predicted octanol–water partition coefficient (Wildman–Crippen LogP) is 6.33. The third-order valence-electron chi connectivity index (χ3n) is 4.72. The Hall–Kier alpha value is -3.58. The van der Waals surface area contributed by atoms with E-state index in [1.807, 2.05) is 35.0 Å². The molecule has 0 aliphatic rings. The Morgan fingerprint density at radius 3 is 2.22 bits per heavy atom. The average molecular weight is 495 g/mol. The maximum Gasteiger partial charge on any atom is 0.343 e.